The predicted molar refractivity (Wildman–Crippen MR) is 111 cm³/mol. The molecule has 0 aliphatic carbocycles. The van der Waals surface area contributed by atoms with Gasteiger partial charge in [-0.1, -0.05) is 19.4 Å². The van der Waals surface area contributed by atoms with Crippen molar-refractivity contribution in [2.45, 2.75) is 63.3 Å². The standard InChI is InChI=1S/C21H33N3O3S/c1-3-18(23-11-7-8-12-23)16-22-21(25)20-15-19(10-9-17(20)2)28(26,27)24-13-5-4-6-14-24/h9-10,15,18H,3-8,11-14,16H2,1-2H3,(H,22,25). The summed E-state index contributed by atoms with van der Waals surface area (Å²) in [6, 6.07) is 5.25. The third-order valence-electron chi connectivity index (χ3n) is 6.03. The van der Waals surface area contributed by atoms with Crippen LogP contribution < -0.4 is 5.32 Å². The van der Waals surface area contributed by atoms with Crippen molar-refractivity contribution >= 4 is 15.9 Å². The molecule has 2 saturated heterocycles. The van der Waals surface area contributed by atoms with Crippen LogP contribution in [0.2, 0.25) is 0 Å². The topological polar surface area (TPSA) is 69.7 Å². The van der Waals surface area contributed by atoms with Crippen molar-refractivity contribution in [2.24, 2.45) is 0 Å². The first-order valence-electron chi connectivity index (χ1n) is 10.6. The lowest BCUT2D eigenvalue weighted by atomic mass is 10.1. The van der Waals surface area contributed by atoms with E-state index < -0.39 is 10.0 Å². The molecule has 7 heteroatoms. The number of piperidine rings is 1. The molecule has 0 radical (unpaired) electrons. The van der Waals surface area contributed by atoms with Crippen LogP contribution in [0.4, 0.5) is 0 Å². The SMILES string of the molecule is CCC(CNC(=O)c1cc(S(=O)(=O)N2CCCCC2)ccc1C)N1CCCC1. The maximum atomic E-state index is 12.9. The first kappa shape index (κ1) is 21.3. The molecule has 1 unspecified atom stereocenters. The largest absolute Gasteiger partial charge is 0.350 e. The molecular weight excluding hydrogens is 374 g/mol. The van der Waals surface area contributed by atoms with E-state index in [1.807, 2.05) is 6.92 Å². The summed E-state index contributed by atoms with van der Waals surface area (Å²) in [5.41, 5.74) is 1.25. The highest BCUT2D eigenvalue weighted by Gasteiger charge is 2.27. The van der Waals surface area contributed by atoms with E-state index in [2.05, 4.69) is 17.1 Å². The van der Waals surface area contributed by atoms with Gasteiger partial charge in [-0.05, 0) is 69.8 Å². The molecule has 156 valence electrons. The normalized spacial score (nSPS) is 20.2. The summed E-state index contributed by atoms with van der Waals surface area (Å²) < 4.78 is 27.4. The number of benzene rings is 1. The number of amides is 1. The van der Waals surface area contributed by atoms with E-state index in [4.69, 9.17) is 0 Å². The molecule has 2 aliphatic rings. The minimum Gasteiger partial charge on any atom is -0.350 e. The summed E-state index contributed by atoms with van der Waals surface area (Å²) in [5.74, 6) is -0.189. The van der Waals surface area contributed by atoms with Crippen molar-refractivity contribution in [1.82, 2.24) is 14.5 Å². The van der Waals surface area contributed by atoms with Crippen molar-refractivity contribution in [3.8, 4) is 0 Å². The summed E-state index contributed by atoms with van der Waals surface area (Å²) in [6.07, 6.45) is 6.30. The van der Waals surface area contributed by atoms with E-state index in [1.54, 1.807) is 22.5 Å². The number of nitrogens with one attached hydrogen (secondary N) is 1. The maximum absolute atomic E-state index is 12.9. The minimum atomic E-state index is -3.54. The quantitative estimate of drug-likeness (QED) is 0.755. The van der Waals surface area contributed by atoms with Crippen molar-refractivity contribution in [3.63, 3.8) is 0 Å². The third-order valence-corrected chi connectivity index (χ3v) is 7.93. The first-order chi connectivity index (χ1) is 13.4. The molecule has 0 saturated carbocycles. The second kappa shape index (κ2) is 9.37. The van der Waals surface area contributed by atoms with Gasteiger partial charge in [0.05, 0.1) is 4.90 Å². The molecule has 2 fully saturated rings. The molecular formula is C21H33N3O3S. The van der Waals surface area contributed by atoms with Crippen LogP contribution in [0.3, 0.4) is 0 Å². The van der Waals surface area contributed by atoms with Gasteiger partial charge in [-0.25, -0.2) is 8.42 Å². The van der Waals surface area contributed by atoms with Gasteiger partial charge in [0.2, 0.25) is 10.0 Å². The van der Waals surface area contributed by atoms with E-state index >= 15 is 0 Å². The average molecular weight is 408 g/mol. The number of aryl methyl sites for hydroxylation is 1. The number of likely N-dealkylation sites (tertiary alicyclic amines) is 1. The van der Waals surface area contributed by atoms with Crippen LogP contribution in [0.5, 0.6) is 0 Å². The molecule has 0 bridgehead atoms. The Labute approximate surface area is 169 Å². The Morgan fingerprint density at radius 3 is 2.36 bits per heavy atom. The number of carbonyl (C=O) groups is 1. The molecule has 2 heterocycles. The lowest BCUT2D eigenvalue weighted by Crippen LogP contribution is -2.42. The maximum Gasteiger partial charge on any atom is 0.251 e. The number of nitrogens with zero attached hydrogens (tertiary/aromatic N) is 2. The van der Waals surface area contributed by atoms with Crippen molar-refractivity contribution < 1.29 is 13.2 Å². The summed E-state index contributed by atoms with van der Waals surface area (Å²) >= 11 is 0. The van der Waals surface area contributed by atoms with Gasteiger partial charge in [-0.2, -0.15) is 4.31 Å². The zero-order chi connectivity index (χ0) is 20.1. The molecule has 6 nitrogen and oxygen atoms in total. The van der Waals surface area contributed by atoms with Gasteiger partial charge < -0.3 is 5.32 Å². The lowest BCUT2D eigenvalue weighted by Gasteiger charge is -2.27. The van der Waals surface area contributed by atoms with Crippen LogP contribution >= 0.6 is 0 Å². The van der Waals surface area contributed by atoms with Crippen LogP contribution in [0.1, 0.15) is 61.4 Å². The van der Waals surface area contributed by atoms with E-state index in [9.17, 15) is 13.2 Å². The molecule has 1 atom stereocenters. The zero-order valence-electron chi connectivity index (χ0n) is 17.1. The molecule has 2 aliphatic heterocycles. The fraction of sp³-hybridized carbons (Fsp3) is 0.667. The summed E-state index contributed by atoms with van der Waals surface area (Å²) in [5, 5.41) is 3.04. The Morgan fingerprint density at radius 2 is 1.71 bits per heavy atom. The van der Waals surface area contributed by atoms with Crippen LogP contribution in [-0.4, -0.2) is 62.3 Å². The molecule has 1 amide bonds. The third kappa shape index (κ3) is 4.75. The van der Waals surface area contributed by atoms with Crippen LogP contribution in [-0.2, 0) is 10.0 Å². The molecule has 0 aromatic heterocycles. The van der Waals surface area contributed by atoms with Gasteiger partial charge >= 0.3 is 0 Å². The smallest absolute Gasteiger partial charge is 0.251 e. The second-order valence-electron chi connectivity index (χ2n) is 7.96. The summed E-state index contributed by atoms with van der Waals surface area (Å²) in [7, 11) is -3.54. The highest BCUT2D eigenvalue weighted by Crippen LogP contribution is 2.23. The predicted octanol–water partition coefficient (Wildman–Crippen LogP) is 2.77. The van der Waals surface area contributed by atoms with Gasteiger partial charge in [-0.15, -0.1) is 0 Å². The van der Waals surface area contributed by atoms with E-state index in [1.165, 1.54) is 12.8 Å². The monoisotopic (exact) mass is 407 g/mol. The summed E-state index contributed by atoms with van der Waals surface area (Å²) in [6.45, 7) is 7.90. The van der Waals surface area contributed by atoms with Gasteiger partial charge in [0.1, 0.15) is 0 Å². The number of hydrogen-bond donors (Lipinski definition) is 1. The fourth-order valence-electron chi connectivity index (χ4n) is 4.20. The van der Waals surface area contributed by atoms with Crippen molar-refractivity contribution in [1.29, 1.82) is 0 Å². The lowest BCUT2D eigenvalue weighted by molar-refractivity contribution is 0.0936. The number of rotatable bonds is 7. The van der Waals surface area contributed by atoms with Gasteiger partial charge in [-0.3, -0.25) is 9.69 Å². The zero-order valence-corrected chi connectivity index (χ0v) is 17.9. The molecule has 1 N–H and O–H groups in total. The number of sulfonamides is 1. The molecule has 0 spiro atoms. The van der Waals surface area contributed by atoms with Crippen molar-refractivity contribution in [3.05, 3.63) is 29.3 Å². The molecule has 28 heavy (non-hydrogen) atoms. The Morgan fingerprint density at radius 1 is 1.07 bits per heavy atom. The van der Waals surface area contributed by atoms with Crippen LogP contribution in [0.15, 0.2) is 23.1 Å². The Balaban J connectivity index is 1.72. The summed E-state index contributed by atoms with van der Waals surface area (Å²) in [4.78, 5) is 15.5. The van der Waals surface area contributed by atoms with E-state index in [-0.39, 0.29) is 10.8 Å². The molecule has 1 aromatic carbocycles. The van der Waals surface area contributed by atoms with Gasteiger partial charge in [0, 0.05) is 31.2 Å². The van der Waals surface area contributed by atoms with E-state index in [0.717, 1.165) is 44.3 Å². The highest BCUT2D eigenvalue weighted by atomic mass is 32.2. The van der Waals surface area contributed by atoms with E-state index in [0.29, 0.717) is 31.2 Å². The fourth-order valence-corrected chi connectivity index (χ4v) is 5.75. The number of hydrogen-bond acceptors (Lipinski definition) is 4. The first-order valence-corrected chi connectivity index (χ1v) is 12.0. The van der Waals surface area contributed by atoms with Gasteiger partial charge in [0.25, 0.3) is 5.91 Å². The average Bonchev–Trinajstić information content (AvgIpc) is 3.24. The molecule has 3 rings (SSSR count). The van der Waals surface area contributed by atoms with Crippen LogP contribution in [0, 0.1) is 6.92 Å². The van der Waals surface area contributed by atoms with Crippen molar-refractivity contribution in [2.75, 3.05) is 32.7 Å². The Kier molecular flexibility index (Phi) is 7.12. The Bertz CT molecular complexity index is 782. The Hall–Kier alpha value is -1.44. The van der Waals surface area contributed by atoms with Crippen LogP contribution in [0.25, 0.3) is 0 Å². The number of carbonyl (C=O) groups excluding carboxylic acids is 1. The molecule has 1 aromatic rings. The highest BCUT2D eigenvalue weighted by molar-refractivity contribution is 7.89. The minimum absolute atomic E-state index is 0.189. The second-order valence-corrected chi connectivity index (χ2v) is 9.89. The van der Waals surface area contributed by atoms with Gasteiger partial charge in [0.15, 0.2) is 0 Å².